The molecule has 0 radical (unpaired) electrons. The topological polar surface area (TPSA) is 12.0 Å². The van der Waals surface area contributed by atoms with Crippen molar-refractivity contribution in [2.24, 2.45) is 0 Å². The summed E-state index contributed by atoms with van der Waals surface area (Å²) in [6.07, 6.45) is 1.07. The van der Waals surface area contributed by atoms with Crippen LogP contribution in [0.1, 0.15) is 11.1 Å². The number of nitrogens with one attached hydrogen (secondary N) is 1. The third kappa shape index (κ3) is 1.96. The summed E-state index contributed by atoms with van der Waals surface area (Å²) in [6, 6.07) is 13.1. The van der Waals surface area contributed by atoms with Gasteiger partial charge in [0, 0.05) is 6.54 Å². The zero-order valence-electron chi connectivity index (χ0n) is 9.54. The third-order valence-electron chi connectivity index (χ3n) is 3.30. The Bertz CT molecular complexity index is 531. The van der Waals surface area contributed by atoms with Crippen LogP contribution in [0.15, 0.2) is 42.5 Å². The highest BCUT2D eigenvalue weighted by Crippen LogP contribution is 2.28. The molecule has 2 aromatic carbocycles. The minimum absolute atomic E-state index is 0.184. The molecule has 17 heavy (non-hydrogen) atoms. The molecule has 0 fully saturated rings. The van der Waals surface area contributed by atoms with Gasteiger partial charge in [-0.15, -0.1) is 0 Å². The van der Waals surface area contributed by atoms with Gasteiger partial charge >= 0.3 is 0 Å². The van der Waals surface area contributed by atoms with Crippen LogP contribution in [0, 0.1) is 5.82 Å². The molecule has 1 N–H and O–H groups in total. The summed E-state index contributed by atoms with van der Waals surface area (Å²) in [6.45, 7) is 1.95. The molecule has 1 aliphatic rings. The van der Waals surface area contributed by atoms with Gasteiger partial charge in [0.15, 0.2) is 0 Å². The highest BCUT2D eigenvalue weighted by atomic mass is 19.1. The van der Waals surface area contributed by atoms with E-state index in [4.69, 9.17) is 0 Å². The van der Waals surface area contributed by atoms with Gasteiger partial charge in [-0.3, -0.25) is 0 Å². The van der Waals surface area contributed by atoms with E-state index in [2.05, 4.69) is 23.5 Å². The molecule has 0 saturated heterocycles. The zero-order chi connectivity index (χ0) is 11.7. The molecule has 0 spiro atoms. The normalized spacial score (nSPS) is 14.4. The Labute approximate surface area is 100 Å². The monoisotopic (exact) mass is 227 g/mol. The molecular weight excluding hydrogens is 213 g/mol. The highest BCUT2D eigenvalue weighted by Gasteiger charge is 2.13. The fourth-order valence-electron chi connectivity index (χ4n) is 2.41. The zero-order valence-corrected chi connectivity index (χ0v) is 9.54. The fourth-order valence-corrected chi connectivity index (χ4v) is 2.41. The molecule has 1 heterocycles. The van der Waals surface area contributed by atoms with Gasteiger partial charge in [-0.1, -0.05) is 30.3 Å². The molecule has 0 saturated carbocycles. The van der Waals surface area contributed by atoms with E-state index in [1.54, 1.807) is 0 Å². The molecule has 1 aliphatic heterocycles. The van der Waals surface area contributed by atoms with E-state index in [9.17, 15) is 4.39 Å². The summed E-state index contributed by atoms with van der Waals surface area (Å²) in [7, 11) is 0. The first-order valence-electron chi connectivity index (χ1n) is 5.92. The maximum Gasteiger partial charge on any atom is 0.123 e. The molecule has 0 unspecified atom stereocenters. The van der Waals surface area contributed by atoms with E-state index < -0.39 is 0 Å². The van der Waals surface area contributed by atoms with Crippen LogP contribution >= 0.6 is 0 Å². The first-order valence-corrected chi connectivity index (χ1v) is 5.92. The highest BCUT2D eigenvalue weighted by molar-refractivity contribution is 5.69. The number of fused-ring (bicyclic) bond motifs is 1. The molecule has 1 nitrogen and oxygen atoms in total. The average Bonchev–Trinajstić information content (AvgIpc) is 2.39. The van der Waals surface area contributed by atoms with Gasteiger partial charge in [0.05, 0.1) is 0 Å². The second-order valence-electron chi connectivity index (χ2n) is 4.38. The van der Waals surface area contributed by atoms with Gasteiger partial charge in [-0.2, -0.15) is 0 Å². The Morgan fingerprint density at radius 1 is 1.00 bits per heavy atom. The molecule has 2 aromatic rings. The van der Waals surface area contributed by atoms with Gasteiger partial charge in [0.1, 0.15) is 5.82 Å². The average molecular weight is 227 g/mol. The van der Waals surface area contributed by atoms with Crippen LogP contribution in [0.2, 0.25) is 0 Å². The van der Waals surface area contributed by atoms with E-state index >= 15 is 0 Å². The van der Waals surface area contributed by atoms with Gasteiger partial charge in [0.2, 0.25) is 0 Å². The predicted molar refractivity (Wildman–Crippen MR) is 67.2 cm³/mol. The molecule has 0 atom stereocenters. The maximum absolute atomic E-state index is 12.9. The minimum Gasteiger partial charge on any atom is -0.312 e. The molecule has 2 heteroatoms. The SMILES string of the molecule is Fc1ccc(-c2cccc3c2CNCC3)cc1. The lowest BCUT2D eigenvalue weighted by Gasteiger charge is -2.20. The Morgan fingerprint density at radius 2 is 1.82 bits per heavy atom. The van der Waals surface area contributed by atoms with Gasteiger partial charge in [-0.05, 0) is 47.4 Å². The lowest BCUT2D eigenvalue weighted by molar-refractivity contribution is 0.628. The summed E-state index contributed by atoms with van der Waals surface area (Å²) in [5.74, 6) is -0.184. The van der Waals surface area contributed by atoms with Crippen molar-refractivity contribution in [1.82, 2.24) is 5.32 Å². The molecule has 0 amide bonds. The van der Waals surface area contributed by atoms with E-state index in [1.165, 1.54) is 28.8 Å². The number of hydrogen-bond donors (Lipinski definition) is 1. The van der Waals surface area contributed by atoms with E-state index in [0.717, 1.165) is 25.1 Å². The molecule has 0 bridgehead atoms. The van der Waals surface area contributed by atoms with Crippen molar-refractivity contribution in [1.29, 1.82) is 0 Å². The summed E-state index contributed by atoms with van der Waals surface area (Å²) in [4.78, 5) is 0. The van der Waals surface area contributed by atoms with Crippen molar-refractivity contribution >= 4 is 0 Å². The van der Waals surface area contributed by atoms with Crippen LogP contribution in [-0.4, -0.2) is 6.54 Å². The Morgan fingerprint density at radius 3 is 2.65 bits per heavy atom. The van der Waals surface area contributed by atoms with Crippen molar-refractivity contribution in [2.75, 3.05) is 6.54 Å². The lowest BCUT2D eigenvalue weighted by atomic mass is 9.92. The van der Waals surface area contributed by atoms with E-state index in [-0.39, 0.29) is 5.82 Å². The Hall–Kier alpha value is -1.67. The largest absolute Gasteiger partial charge is 0.312 e. The molecule has 0 aromatic heterocycles. The van der Waals surface area contributed by atoms with Crippen molar-refractivity contribution < 1.29 is 4.39 Å². The van der Waals surface area contributed by atoms with Crippen molar-refractivity contribution in [3.8, 4) is 11.1 Å². The third-order valence-corrected chi connectivity index (χ3v) is 3.30. The van der Waals surface area contributed by atoms with E-state index in [1.807, 2.05) is 12.1 Å². The van der Waals surface area contributed by atoms with Crippen LogP contribution in [0.25, 0.3) is 11.1 Å². The second-order valence-corrected chi connectivity index (χ2v) is 4.38. The molecule has 3 rings (SSSR count). The number of halogens is 1. The quantitative estimate of drug-likeness (QED) is 0.789. The minimum atomic E-state index is -0.184. The lowest BCUT2D eigenvalue weighted by Crippen LogP contribution is -2.24. The van der Waals surface area contributed by atoms with Gasteiger partial charge in [-0.25, -0.2) is 4.39 Å². The van der Waals surface area contributed by atoms with Crippen molar-refractivity contribution in [3.05, 3.63) is 59.4 Å². The maximum atomic E-state index is 12.9. The first-order chi connectivity index (χ1) is 8.34. The van der Waals surface area contributed by atoms with Crippen LogP contribution in [0.3, 0.4) is 0 Å². The molecule has 86 valence electrons. The smallest absolute Gasteiger partial charge is 0.123 e. The summed E-state index contributed by atoms with van der Waals surface area (Å²) >= 11 is 0. The Kier molecular flexibility index (Phi) is 2.65. The van der Waals surface area contributed by atoms with Crippen LogP contribution in [0.4, 0.5) is 4.39 Å². The molecule has 0 aliphatic carbocycles. The van der Waals surface area contributed by atoms with Crippen molar-refractivity contribution in [3.63, 3.8) is 0 Å². The number of benzene rings is 2. The molecular formula is C15H14FN. The van der Waals surface area contributed by atoms with Crippen molar-refractivity contribution in [2.45, 2.75) is 13.0 Å². The van der Waals surface area contributed by atoms with Gasteiger partial charge < -0.3 is 5.32 Å². The number of rotatable bonds is 1. The fraction of sp³-hybridized carbons (Fsp3) is 0.200. The second kappa shape index (κ2) is 4.30. The Balaban J connectivity index is 2.11. The summed E-state index contributed by atoms with van der Waals surface area (Å²) < 4.78 is 12.9. The van der Waals surface area contributed by atoms with Crippen LogP contribution in [0.5, 0.6) is 0 Å². The van der Waals surface area contributed by atoms with Crippen LogP contribution in [-0.2, 0) is 13.0 Å². The van der Waals surface area contributed by atoms with E-state index in [0.29, 0.717) is 0 Å². The number of hydrogen-bond acceptors (Lipinski definition) is 1. The summed E-state index contributed by atoms with van der Waals surface area (Å²) in [5.41, 5.74) is 5.07. The predicted octanol–water partition coefficient (Wildman–Crippen LogP) is 3.14. The van der Waals surface area contributed by atoms with Crippen LogP contribution < -0.4 is 5.32 Å². The first kappa shape index (κ1) is 10.5. The standard InChI is InChI=1S/C15H14FN/c16-13-6-4-12(5-7-13)14-3-1-2-11-8-9-17-10-15(11)14/h1-7,17H,8-10H2. The summed E-state index contributed by atoms with van der Waals surface area (Å²) in [5, 5.41) is 3.39. The van der Waals surface area contributed by atoms with Gasteiger partial charge in [0.25, 0.3) is 0 Å².